The molecule has 2 N–H and O–H groups in total. The lowest BCUT2D eigenvalue weighted by Gasteiger charge is -2.35. The molecule has 0 aliphatic carbocycles. The van der Waals surface area contributed by atoms with Gasteiger partial charge in [-0.3, -0.25) is 9.59 Å². The molecule has 1 aromatic rings. The molecule has 0 saturated carbocycles. The molecule has 1 saturated heterocycles. The molecule has 1 aliphatic heterocycles. The van der Waals surface area contributed by atoms with E-state index in [0.717, 1.165) is 5.76 Å². The summed E-state index contributed by atoms with van der Waals surface area (Å²) < 4.78 is 5.39. The van der Waals surface area contributed by atoms with Crippen molar-refractivity contribution in [3.8, 4) is 0 Å². The lowest BCUT2D eigenvalue weighted by atomic mass is 10.2. The number of hydrogen-bond acceptors (Lipinski definition) is 4. The third-order valence-corrected chi connectivity index (χ3v) is 3.54. The first-order valence-corrected chi connectivity index (χ1v) is 6.81. The Morgan fingerprint density at radius 2 is 1.75 bits per heavy atom. The van der Waals surface area contributed by atoms with Gasteiger partial charge in [-0.25, -0.2) is 0 Å². The Bertz CT molecular complexity index is 514. The maximum Gasteiger partial charge on any atom is 0.257 e. The highest BCUT2D eigenvalue weighted by atomic mass is 16.3. The van der Waals surface area contributed by atoms with Gasteiger partial charge in [-0.05, 0) is 26.8 Å². The van der Waals surface area contributed by atoms with Crippen molar-refractivity contribution < 1.29 is 14.0 Å². The van der Waals surface area contributed by atoms with Crippen molar-refractivity contribution in [2.75, 3.05) is 26.2 Å². The zero-order valence-corrected chi connectivity index (χ0v) is 12.2. The van der Waals surface area contributed by atoms with E-state index in [1.807, 2.05) is 6.92 Å². The molecule has 1 aliphatic rings. The number of nitrogens with two attached hydrogens (primary N) is 1. The predicted molar refractivity (Wildman–Crippen MR) is 74.3 cm³/mol. The molecular formula is C14H21N3O3. The zero-order chi connectivity index (χ0) is 14.9. The summed E-state index contributed by atoms with van der Waals surface area (Å²) in [6.07, 6.45) is 0. The summed E-state index contributed by atoms with van der Waals surface area (Å²) >= 11 is 0. The second kappa shape index (κ2) is 5.66. The van der Waals surface area contributed by atoms with Crippen LogP contribution in [-0.4, -0.2) is 53.8 Å². The van der Waals surface area contributed by atoms with Gasteiger partial charge in [0.2, 0.25) is 5.91 Å². The second-order valence-electron chi connectivity index (χ2n) is 5.23. The summed E-state index contributed by atoms with van der Waals surface area (Å²) in [5, 5.41) is 0. The quantitative estimate of drug-likeness (QED) is 0.856. The van der Waals surface area contributed by atoms with Crippen molar-refractivity contribution >= 4 is 11.8 Å². The fourth-order valence-electron chi connectivity index (χ4n) is 2.43. The number of carbonyl (C=O) groups excluding carboxylic acids is 2. The van der Waals surface area contributed by atoms with Crippen LogP contribution in [0.15, 0.2) is 10.5 Å². The van der Waals surface area contributed by atoms with Gasteiger partial charge in [-0.2, -0.15) is 0 Å². The summed E-state index contributed by atoms with van der Waals surface area (Å²) in [5.41, 5.74) is 6.20. The van der Waals surface area contributed by atoms with Gasteiger partial charge in [-0.15, -0.1) is 0 Å². The normalized spacial score (nSPS) is 17.2. The molecule has 1 aromatic heterocycles. The zero-order valence-electron chi connectivity index (χ0n) is 12.2. The predicted octanol–water partition coefficient (Wildman–Crippen LogP) is 0.528. The molecule has 20 heavy (non-hydrogen) atoms. The first-order valence-electron chi connectivity index (χ1n) is 6.81. The molecule has 0 bridgehead atoms. The standard InChI is InChI=1S/C14H21N3O3/c1-9-8-12(11(3)20-9)14(19)17-6-4-16(5-7-17)13(18)10(2)15/h8,10H,4-7,15H2,1-3H3/t10-/m1/s1. The van der Waals surface area contributed by atoms with Crippen LogP contribution in [0.2, 0.25) is 0 Å². The van der Waals surface area contributed by atoms with E-state index >= 15 is 0 Å². The van der Waals surface area contributed by atoms with Gasteiger partial charge >= 0.3 is 0 Å². The number of aryl methyl sites for hydroxylation is 2. The van der Waals surface area contributed by atoms with Gasteiger partial charge in [0, 0.05) is 26.2 Å². The lowest BCUT2D eigenvalue weighted by Crippen LogP contribution is -2.53. The summed E-state index contributed by atoms with van der Waals surface area (Å²) in [6, 6.07) is 1.27. The summed E-state index contributed by atoms with van der Waals surface area (Å²) in [4.78, 5) is 27.6. The maximum atomic E-state index is 12.4. The van der Waals surface area contributed by atoms with Gasteiger partial charge < -0.3 is 20.0 Å². The van der Waals surface area contributed by atoms with Crippen LogP contribution >= 0.6 is 0 Å². The first-order chi connectivity index (χ1) is 9.40. The monoisotopic (exact) mass is 279 g/mol. The molecule has 0 aromatic carbocycles. The van der Waals surface area contributed by atoms with Crippen molar-refractivity contribution in [3.63, 3.8) is 0 Å². The van der Waals surface area contributed by atoms with Crippen LogP contribution in [0.1, 0.15) is 28.8 Å². The number of amides is 2. The molecule has 0 unspecified atom stereocenters. The summed E-state index contributed by atoms with van der Waals surface area (Å²) in [6.45, 7) is 7.41. The van der Waals surface area contributed by atoms with E-state index in [1.165, 1.54) is 0 Å². The van der Waals surface area contributed by atoms with Crippen LogP contribution in [0.25, 0.3) is 0 Å². The number of piperazine rings is 1. The number of rotatable bonds is 2. The fraction of sp³-hybridized carbons (Fsp3) is 0.571. The molecule has 6 nitrogen and oxygen atoms in total. The number of carbonyl (C=O) groups is 2. The molecule has 0 spiro atoms. The summed E-state index contributed by atoms with van der Waals surface area (Å²) in [7, 11) is 0. The molecule has 2 rings (SSSR count). The second-order valence-corrected chi connectivity index (χ2v) is 5.23. The molecule has 2 heterocycles. The maximum absolute atomic E-state index is 12.4. The summed E-state index contributed by atoms with van der Waals surface area (Å²) in [5.74, 6) is 1.28. The molecule has 0 radical (unpaired) electrons. The van der Waals surface area contributed by atoms with E-state index < -0.39 is 6.04 Å². The van der Waals surface area contributed by atoms with E-state index in [9.17, 15) is 9.59 Å². The number of nitrogens with zero attached hydrogens (tertiary/aromatic N) is 2. The molecule has 2 amide bonds. The Kier molecular flexibility index (Phi) is 4.13. The van der Waals surface area contributed by atoms with Gasteiger partial charge in [0.15, 0.2) is 0 Å². The van der Waals surface area contributed by atoms with E-state index in [1.54, 1.807) is 29.7 Å². The Morgan fingerprint density at radius 1 is 1.20 bits per heavy atom. The van der Waals surface area contributed by atoms with E-state index in [4.69, 9.17) is 10.2 Å². The van der Waals surface area contributed by atoms with Crippen molar-refractivity contribution in [2.24, 2.45) is 5.73 Å². The highest BCUT2D eigenvalue weighted by Gasteiger charge is 2.27. The Labute approximate surface area is 118 Å². The van der Waals surface area contributed by atoms with E-state index in [0.29, 0.717) is 37.5 Å². The van der Waals surface area contributed by atoms with Gasteiger partial charge in [0.25, 0.3) is 5.91 Å². The van der Waals surface area contributed by atoms with Crippen molar-refractivity contribution in [2.45, 2.75) is 26.8 Å². The number of furan rings is 1. The molecular weight excluding hydrogens is 258 g/mol. The van der Waals surface area contributed by atoms with Crippen LogP contribution in [0.4, 0.5) is 0 Å². The van der Waals surface area contributed by atoms with Crippen LogP contribution in [0.5, 0.6) is 0 Å². The minimum atomic E-state index is -0.490. The third-order valence-electron chi connectivity index (χ3n) is 3.54. The lowest BCUT2D eigenvalue weighted by molar-refractivity contribution is -0.133. The highest BCUT2D eigenvalue weighted by Crippen LogP contribution is 2.17. The van der Waals surface area contributed by atoms with E-state index in [2.05, 4.69) is 0 Å². The third kappa shape index (κ3) is 2.85. The molecule has 1 atom stereocenters. The smallest absolute Gasteiger partial charge is 0.257 e. The van der Waals surface area contributed by atoms with Crippen LogP contribution in [0.3, 0.4) is 0 Å². The molecule has 6 heteroatoms. The average molecular weight is 279 g/mol. The van der Waals surface area contributed by atoms with Crippen LogP contribution in [-0.2, 0) is 4.79 Å². The van der Waals surface area contributed by atoms with Crippen LogP contribution < -0.4 is 5.73 Å². The van der Waals surface area contributed by atoms with Crippen molar-refractivity contribution in [1.82, 2.24) is 9.80 Å². The van der Waals surface area contributed by atoms with Crippen molar-refractivity contribution in [1.29, 1.82) is 0 Å². The Morgan fingerprint density at radius 3 is 2.20 bits per heavy atom. The highest BCUT2D eigenvalue weighted by molar-refractivity contribution is 5.95. The average Bonchev–Trinajstić information content (AvgIpc) is 2.76. The Hall–Kier alpha value is -1.82. The minimum absolute atomic E-state index is 0.0350. The SMILES string of the molecule is Cc1cc(C(=O)N2CCN(C(=O)[C@@H](C)N)CC2)c(C)o1. The van der Waals surface area contributed by atoms with Crippen molar-refractivity contribution in [3.05, 3.63) is 23.2 Å². The largest absolute Gasteiger partial charge is 0.466 e. The van der Waals surface area contributed by atoms with Gasteiger partial charge in [0.05, 0.1) is 11.6 Å². The molecule has 110 valence electrons. The van der Waals surface area contributed by atoms with Crippen LogP contribution in [0, 0.1) is 13.8 Å². The topological polar surface area (TPSA) is 79.8 Å². The first kappa shape index (κ1) is 14.6. The number of hydrogen-bond donors (Lipinski definition) is 1. The Balaban J connectivity index is 1.99. The van der Waals surface area contributed by atoms with Gasteiger partial charge in [-0.1, -0.05) is 0 Å². The van der Waals surface area contributed by atoms with Gasteiger partial charge in [0.1, 0.15) is 11.5 Å². The molecule has 1 fully saturated rings. The minimum Gasteiger partial charge on any atom is -0.466 e. The fourth-order valence-corrected chi connectivity index (χ4v) is 2.43. The van der Waals surface area contributed by atoms with E-state index in [-0.39, 0.29) is 11.8 Å².